The van der Waals surface area contributed by atoms with Gasteiger partial charge in [0.1, 0.15) is 12.2 Å². The second kappa shape index (κ2) is 4.53. The minimum atomic E-state index is 0.414. The van der Waals surface area contributed by atoms with Gasteiger partial charge in [-0.1, -0.05) is 26.7 Å². The first-order valence-electron chi connectivity index (χ1n) is 6.16. The molecule has 1 aromatic rings. The van der Waals surface area contributed by atoms with Crippen molar-refractivity contribution in [2.45, 2.75) is 52.1 Å². The van der Waals surface area contributed by atoms with Crippen molar-refractivity contribution in [3.8, 4) is 0 Å². The fourth-order valence-corrected chi connectivity index (χ4v) is 2.57. The molecule has 0 saturated heterocycles. The quantitative estimate of drug-likeness (QED) is 0.849. The Morgan fingerprint density at radius 2 is 2.31 bits per heavy atom. The van der Waals surface area contributed by atoms with Gasteiger partial charge >= 0.3 is 0 Å². The predicted octanol–water partition coefficient (Wildman–Crippen LogP) is 1.87. The molecule has 1 aliphatic rings. The Morgan fingerprint density at radius 1 is 1.50 bits per heavy atom. The zero-order valence-corrected chi connectivity index (χ0v) is 10.5. The maximum absolute atomic E-state index is 4.24. The van der Waals surface area contributed by atoms with E-state index in [-0.39, 0.29) is 0 Å². The molecule has 1 heterocycles. The SMILES string of the molecule is Cn1ncnc1CNC1CCCCC1(C)C. The number of hydrogen-bond acceptors (Lipinski definition) is 3. The van der Waals surface area contributed by atoms with Crippen molar-refractivity contribution >= 4 is 0 Å². The summed E-state index contributed by atoms with van der Waals surface area (Å²) in [7, 11) is 1.94. The highest BCUT2D eigenvalue weighted by atomic mass is 15.3. The van der Waals surface area contributed by atoms with Crippen LogP contribution in [0, 0.1) is 5.41 Å². The van der Waals surface area contributed by atoms with E-state index < -0.39 is 0 Å². The first-order valence-corrected chi connectivity index (χ1v) is 6.16. The van der Waals surface area contributed by atoms with Gasteiger partial charge in [-0.3, -0.25) is 4.68 Å². The second-order valence-electron chi connectivity index (χ2n) is 5.47. The van der Waals surface area contributed by atoms with Crippen molar-refractivity contribution in [1.82, 2.24) is 20.1 Å². The van der Waals surface area contributed by atoms with Crippen molar-refractivity contribution < 1.29 is 0 Å². The van der Waals surface area contributed by atoms with Gasteiger partial charge in [-0.25, -0.2) is 4.98 Å². The predicted molar refractivity (Wildman–Crippen MR) is 63.9 cm³/mol. The number of aromatic nitrogens is 3. The van der Waals surface area contributed by atoms with Gasteiger partial charge in [0.25, 0.3) is 0 Å². The van der Waals surface area contributed by atoms with Crippen LogP contribution in [-0.2, 0) is 13.6 Å². The van der Waals surface area contributed by atoms with Crippen molar-refractivity contribution in [3.63, 3.8) is 0 Å². The Hall–Kier alpha value is -0.900. The van der Waals surface area contributed by atoms with Gasteiger partial charge < -0.3 is 5.32 Å². The number of nitrogens with one attached hydrogen (secondary N) is 1. The van der Waals surface area contributed by atoms with Crippen molar-refractivity contribution in [2.75, 3.05) is 0 Å². The lowest BCUT2D eigenvalue weighted by atomic mass is 9.73. The molecule has 1 atom stereocenters. The van der Waals surface area contributed by atoms with E-state index in [9.17, 15) is 0 Å². The Labute approximate surface area is 97.5 Å². The van der Waals surface area contributed by atoms with E-state index in [1.54, 1.807) is 6.33 Å². The zero-order valence-electron chi connectivity index (χ0n) is 10.5. The van der Waals surface area contributed by atoms with Crippen LogP contribution in [0.25, 0.3) is 0 Å². The lowest BCUT2D eigenvalue weighted by Crippen LogP contribution is -2.44. The highest BCUT2D eigenvalue weighted by molar-refractivity contribution is 4.90. The van der Waals surface area contributed by atoms with Crippen molar-refractivity contribution in [1.29, 1.82) is 0 Å². The third kappa shape index (κ3) is 2.43. The van der Waals surface area contributed by atoms with E-state index in [4.69, 9.17) is 0 Å². The van der Waals surface area contributed by atoms with Crippen LogP contribution in [0.3, 0.4) is 0 Å². The molecular formula is C12H22N4. The van der Waals surface area contributed by atoms with Crippen LogP contribution in [-0.4, -0.2) is 20.8 Å². The molecule has 1 aromatic heterocycles. The lowest BCUT2D eigenvalue weighted by molar-refractivity contribution is 0.165. The van der Waals surface area contributed by atoms with E-state index in [1.165, 1.54) is 25.7 Å². The highest BCUT2D eigenvalue weighted by Gasteiger charge is 2.31. The van der Waals surface area contributed by atoms with Gasteiger partial charge in [-0.05, 0) is 18.3 Å². The third-order valence-corrected chi connectivity index (χ3v) is 3.82. The molecule has 1 saturated carbocycles. The van der Waals surface area contributed by atoms with Crippen LogP contribution in [0.1, 0.15) is 45.4 Å². The molecule has 90 valence electrons. The van der Waals surface area contributed by atoms with Gasteiger partial charge in [0, 0.05) is 13.1 Å². The Kier molecular flexibility index (Phi) is 3.28. The van der Waals surface area contributed by atoms with Gasteiger partial charge in [-0.2, -0.15) is 5.10 Å². The van der Waals surface area contributed by atoms with Gasteiger partial charge in [0.05, 0.1) is 6.54 Å². The topological polar surface area (TPSA) is 42.7 Å². The average Bonchev–Trinajstić information content (AvgIpc) is 2.62. The molecule has 16 heavy (non-hydrogen) atoms. The second-order valence-corrected chi connectivity index (χ2v) is 5.47. The monoisotopic (exact) mass is 222 g/mol. The molecule has 2 rings (SSSR count). The van der Waals surface area contributed by atoms with E-state index in [1.807, 2.05) is 11.7 Å². The number of rotatable bonds is 3. The molecule has 1 unspecified atom stereocenters. The van der Waals surface area contributed by atoms with Crippen LogP contribution in [0.4, 0.5) is 0 Å². The molecular weight excluding hydrogens is 200 g/mol. The smallest absolute Gasteiger partial charge is 0.140 e. The Balaban J connectivity index is 1.92. The molecule has 0 spiro atoms. The maximum atomic E-state index is 4.24. The third-order valence-electron chi connectivity index (χ3n) is 3.82. The molecule has 4 heteroatoms. The van der Waals surface area contributed by atoms with Crippen LogP contribution < -0.4 is 5.32 Å². The molecule has 0 radical (unpaired) electrons. The minimum Gasteiger partial charge on any atom is -0.307 e. The Bertz CT molecular complexity index is 343. The molecule has 1 fully saturated rings. The van der Waals surface area contributed by atoms with Crippen molar-refractivity contribution in [2.24, 2.45) is 12.5 Å². The molecule has 1 aliphatic carbocycles. The summed E-state index contributed by atoms with van der Waals surface area (Å²) < 4.78 is 1.84. The number of nitrogens with zero attached hydrogens (tertiary/aromatic N) is 3. The molecule has 0 amide bonds. The fraction of sp³-hybridized carbons (Fsp3) is 0.833. The van der Waals surface area contributed by atoms with Crippen LogP contribution >= 0.6 is 0 Å². The van der Waals surface area contributed by atoms with Gasteiger partial charge in [-0.15, -0.1) is 0 Å². The number of hydrogen-bond donors (Lipinski definition) is 1. The van der Waals surface area contributed by atoms with Gasteiger partial charge in [0.15, 0.2) is 0 Å². The molecule has 1 N–H and O–H groups in total. The summed E-state index contributed by atoms with van der Waals surface area (Å²) in [5, 5.41) is 7.71. The summed E-state index contributed by atoms with van der Waals surface area (Å²) in [6.45, 7) is 5.55. The van der Waals surface area contributed by atoms with Crippen molar-refractivity contribution in [3.05, 3.63) is 12.2 Å². The minimum absolute atomic E-state index is 0.414. The van der Waals surface area contributed by atoms with Crippen LogP contribution in [0.2, 0.25) is 0 Å². The molecule has 0 aliphatic heterocycles. The average molecular weight is 222 g/mol. The van der Waals surface area contributed by atoms with E-state index in [0.717, 1.165) is 12.4 Å². The Morgan fingerprint density at radius 3 is 2.94 bits per heavy atom. The van der Waals surface area contributed by atoms with E-state index in [2.05, 4.69) is 29.2 Å². The molecule has 0 aromatic carbocycles. The maximum Gasteiger partial charge on any atom is 0.140 e. The first kappa shape index (κ1) is 11.6. The summed E-state index contributed by atoms with van der Waals surface area (Å²) >= 11 is 0. The van der Waals surface area contributed by atoms with Crippen LogP contribution in [0.15, 0.2) is 6.33 Å². The lowest BCUT2D eigenvalue weighted by Gasteiger charge is -2.39. The first-order chi connectivity index (χ1) is 7.59. The summed E-state index contributed by atoms with van der Waals surface area (Å²) in [6, 6.07) is 0.609. The highest BCUT2D eigenvalue weighted by Crippen LogP contribution is 2.35. The fourth-order valence-electron chi connectivity index (χ4n) is 2.57. The molecule has 0 bridgehead atoms. The summed E-state index contributed by atoms with van der Waals surface area (Å²) in [5.74, 6) is 1.02. The van der Waals surface area contributed by atoms with E-state index in [0.29, 0.717) is 11.5 Å². The summed E-state index contributed by atoms with van der Waals surface area (Å²) in [6.07, 6.45) is 6.94. The van der Waals surface area contributed by atoms with Crippen LogP contribution in [0.5, 0.6) is 0 Å². The molecule has 4 nitrogen and oxygen atoms in total. The van der Waals surface area contributed by atoms with E-state index >= 15 is 0 Å². The van der Waals surface area contributed by atoms with Gasteiger partial charge in [0.2, 0.25) is 0 Å². The number of aryl methyl sites for hydroxylation is 1. The summed E-state index contributed by atoms with van der Waals surface area (Å²) in [5.41, 5.74) is 0.414. The normalized spacial score (nSPS) is 24.6. The zero-order chi connectivity index (χ0) is 11.6. The standard InChI is InChI=1S/C12H22N4/c1-12(2)7-5-4-6-10(12)13-8-11-14-9-15-16(11)3/h9-10,13H,4-8H2,1-3H3. The largest absolute Gasteiger partial charge is 0.307 e. The summed E-state index contributed by atoms with van der Waals surface area (Å²) in [4.78, 5) is 4.24.